The summed E-state index contributed by atoms with van der Waals surface area (Å²) in [5.41, 5.74) is -0.390. The van der Waals surface area contributed by atoms with Gasteiger partial charge < -0.3 is 10.4 Å². The molecular weight excluding hydrogens is 299 g/mol. The molecule has 2 N–H and O–H groups in total. The van der Waals surface area contributed by atoms with Gasteiger partial charge in [-0.25, -0.2) is 9.18 Å². The summed E-state index contributed by atoms with van der Waals surface area (Å²) in [5, 5.41) is 13.0. The number of urea groups is 1. The van der Waals surface area contributed by atoms with Crippen molar-refractivity contribution in [2.75, 3.05) is 6.54 Å². The summed E-state index contributed by atoms with van der Waals surface area (Å²) >= 11 is 0. The maximum Gasteiger partial charge on any atom is 0.325 e. The molecule has 1 fully saturated rings. The van der Waals surface area contributed by atoms with Crippen molar-refractivity contribution in [3.63, 3.8) is 0 Å². The van der Waals surface area contributed by atoms with Crippen LogP contribution < -0.4 is 5.32 Å². The average molecular weight is 322 g/mol. The van der Waals surface area contributed by atoms with Crippen molar-refractivity contribution in [3.05, 3.63) is 35.6 Å². The Kier molecular flexibility index (Phi) is 5.36. The van der Waals surface area contributed by atoms with Crippen LogP contribution >= 0.6 is 0 Å². The highest BCUT2D eigenvalue weighted by Crippen LogP contribution is 2.29. The van der Waals surface area contributed by atoms with E-state index in [0.717, 1.165) is 17.7 Å². The zero-order valence-corrected chi connectivity index (χ0v) is 13.5. The normalized spacial score (nSPS) is 18.2. The van der Waals surface area contributed by atoms with E-state index in [2.05, 4.69) is 5.32 Å². The van der Waals surface area contributed by atoms with Crippen molar-refractivity contribution < 1.29 is 19.1 Å². The molecule has 1 aromatic carbocycles. The summed E-state index contributed by atoms with van der Waals surface area (Å²) in [6.45, 7) is 3.80. The van der Waals surface area contributed by atoms with Crippen molar-refractivity contribution in [1.29, 1.82) is 0 Å². The monoisotopic (exact) mass is 322 g/mol. The van der Waals surface area contributed by atoms with Gasteiger partial charge in [-0.1, -0.05) is 38.8 Å². The highest BCUT2D eigenvalue weighted by Gasteiger charge is 2.50. The van der Waals surface area contributed by atoms with Gasteiger partial charge in [0, 0.05) is 0 Å². The van der Waals surface area contributed by atoms with Crippen LogP contribution in [0.25, 0.3) is 0 Å². The minimum absolute atomic E-state index is 0.133. The van der Waals surface area contributed by atoms with Gasteiger partial charge in [-0.15, -0.1) is 0 Å². The Morgan fingerprint density at radius 1 is 1.17 bits per heavy atom. The fourth-order valence-corrected chi connectivity index (χ4v) is 3.12. The number of hydrogen-bond acceptors (Lipinski definition) is 3. The SMILES string of the molecule is CCCC1(CCC)NC(=O)N(CC(O)c2ccc(F)cc2)C1=O. The summed E-state index contributed by atoms with van der Waals surface area (Å²) < 4.78 is 12.9. The fourth-order valence-electron chi connectivity index (χ4n) is 3.12. The first-order valence-corrected chi connectivity index (χ1v) is 8.01. The zero-order chi connectivity index (χ0) is 17.0. The molecule has 1 aliphatic rings. The highest BCUT2D eigenvalue weighted by atomic mass is 19.1. The summed E-state index contributed by atoms with van der Waals surface area (Å²) in [6, 6.07) is 4.90. The first-order chi connectivity index (χ1) is 10.9. The number of rotatable bonds is 7. The summed E-state index contributed by atoms with van der Waals surface area (Å²) in [5.74, 6) is -0.687. The lowest BCUT2D eigenvalue weighted by molar-refractivity contribution is -0.132. The molecule has 1 aliphatic heterocycles. The van der Waals surface area contributed by atoms with Crippen LogP contribution in [0.15, 0.2) is 24.3 Å². The lowest BCUT2D eigenvalue weighted by atomic mass is 9.88. The van der Waals surface area contributed by atoms with Gasteiger partial charge in [-0.2, -0.15) is 0 Å². The minimum atomic E-state index is -1.04. The van der Waals surface area contributed by atoms with E-state index < -0.39 is 23.5 Å². The molecule has 23 heavy (non-hydrogen) atoms. The van der Waals surface area contributed by atoms with Gasteiger partial charge in [0.25, 0.3) is 5.91 Å². The van der Waals surface area contributed by atoms with E-state index in [1.165, 1.54) is 24.3 Å². The van der Waals surface area contributed by atoms with Crippen LogP contribution in [0.3, 0.4) is 0 Å². The molecule has 0 spiro atoms. The number of nitrogens with zero attached hydrogens (tertiary/aromatic N) is 1. The van der Waals surface area contributed by atoms with E-state index in [0.29, 0.717) is 18.4 Å². The van der Waals surface area contributed by atoms with E-state index in [-0.39, 0.29) is 12.5 Å². The smallest absolute Gasteiger partial charge is 0.325 e. The standard InChI is InChI=1S/C17H23FN2O3/c1-3-9-17(10-4-2)15(22)20(16(23)19-17)11-14(21)12-5-7-13(18)8-6-12/h5-8,14,21H,3-4,9-11H2,1-2H3,(H,19,23). The molecule has 0 radical (unpaired) electrons. The van der Waals surface area contributed by atoms with Gasteiger partial charge in [0.1, 0.15) is 11.4 Å². The first-order valence-electron chi connectivity index (χ1n) is 8.01. The first kappa shape index (κ1) is 17.4. The second-order valence-electron chi connectivity index (χ2n) is 6.00. The minimum Gasteiger partial charge on any atom is -0.387 e. The lowest BCUT2D eigenvalue weighted by Gasteiger charge is -2.26. The van der Waals surface area contributed by atoms with Crippen molar-refractivity contribution in [2.45, 2.75) is 51.2 Å². The van der Waals surface area contributed by atoms with Gasteiger partial charge >= 0.3 is 6.03 Å². The quantitative estimate of drug-likeness (QED) is 0.758. The molecule has 0 saturated carbocycles. The maximum atomic E-state index is 12.9. The molecular formula is C17H23FN2O3. The average Bonchev–Trinajstić information content (AvgIpc) is 2.73. The molecule has 126 valence electrons. The lowest BCUT2D eigenvalue weighted by Crippen LogP contribution is -2.47. The molecule has 1 unspecified atom stereocenters. The predicted octanol–water partition coefficient (Wildman–Crippen LogP) is 2.75. The third kappa shape index (κ3) is 3.52. The third-order valence-corrected chi connectivity index (χ3v) is 4.21. The van der Waals surface area contributed by atoms with E-state index >= 15 is 0 Å². The molecule has 2 rings (SSSR count). The molecule has 3 amide bonds. The molecule has 0 bridgehead atoms. The Morgan fingerprint density at radius 3 is 2.26 bits per heavy atom. The van der Waals surface area contributed by atoms with Gasteiger partial charge in [0.2, 0.25) is 0 Å². The molecule has 5 nitrogen and oxygen atoms in total. The van der Waals surface area contributed by atoms with Gasteiger partial charge in [-0.3, -0.25) is 9.69 Å². The van der Waals surface area contributed by atoms with Crippen molar-refractivity contribution in [2.24, 2.45) is 0 Å². The number of halogens is 1. The largest absolute Gasteiger partial charge is 0.387 e. The number of aliphatic hydroxyl groups is 1. The van der Waals surface area contributed by atoms with Gasteiger partial charge in [-0.05, 0) is 30.5 Å². The molecule has 1 heterocycles. The number of β-amino-alcohol motifs (C(OH)–C–C–N with tert-alkyl or cyclic N) is 1. The highest BCUT2D eigenvalue weighted by molar-refractivity contribution is 6.07. The number of aliphatic hydroxyl groups excluding tert-OH is 1. The van der Waals surface area contributed by atoms with Crippen LogP contribution in [0.4, 0.5) is 9.18 Å². The van der Waals surface area contributed by atoms with Crippen molar-refractivity contribution in [1.82, 2.24) is 10.2 Å². The van der Waals surface area contributed by atoms with E-state index in [1.807, 2.05) is 13.8 Å². The van der Waals surface area contributed by atoms with Crippen LogP contribution in [0.2, 0.25) is 0 Å². The Morgan fingerprint density at radius 2 is 1.74 bits per heavy atom. The van der Waals surface area contributed by atoms with E-state index in [4.69, 9.17) is 0 Å². The van der Waals surface area contributed by atoms with E-state index in [9.17, 15) is 19.1 Å². The van der Waals surface area contributed by atoms with Crippen LogP contribution in [-0.4, -0.2) is 34.0 Å². The zero-order valence-electron chi connectivity index (χ0n) is 13.5. The van der Waals surface area contributed by atoms with Gasteiger partial charge in [0.15, 0.2) is 0 Å². The summed E-state index contributed by atoms with van der Waals surface area (Å²) in [6.07, 6.45) is 1.67. The molecule has 0 aliphatic carbocycles. The third-order valence-electron chi connectivity index (χ3n) is 4.21. The molecule has 1 saturated heterocycles. The Labute approximate surface area is 135 Å². The second kappa shape index (κ2) is 7.08. The number of carbonyl (C=O) groups excluding carboxylic acids is 2. The molecule has 1 aromatic rings. The Balaban J connectivity index is 2.14. The summed E-state index contributed by atoms with van der Waals surface area (Å²) in [4.78, 5) is 26.0. The predicted molar refractivity (Wildman–Crippen MR) is 84.2 cm³/mol. The van der Waals surface area contributed by atoms with Crippen LogP contribution in [-0.2, 0) is 4.79 Å². The van der Waals surface area contributed by atoms with E-state index in [1.54, 1.807) is 0 Å². The topological polar surface area (TPSA) is 69.6 Å². The number of amides is 3. The van der Waals surface area contributed by atoms with Crippen LogP contribution in [0, 0.1) is 5.82 Å². The molecule has 0 aromatic heterocycles. The second-order valence-corrected chi connectivity index (χ2v) is 6.00. The van der Waals surface area contributed by atoms with Crippen molar-refractivity contribution >= 4 is 11.9 Å². The van der Waals surface area contributed by atoms with Crippen LogP contribution in [0.1, 0.15) is 51.2 Å². The molecule has 6 heteroatoms. The number of benzene rings is 1. The van der Waals surface area contributed by atoms with Gasteiger partial charge in [0.05, 0.1) is 12.6 Å². The summed E-state index contributed by atoms with van der Waals surface area (Å²) in [7, 11) is 0. The number of carbonyl (C=O) groups is 2. The number of nitrogens with one attached hydrogen (secondary N) is 1. The Bertz CT molecular complexity index is 568. The maximum absolute atomic E-state index is 12.9. The van der Waals surface area contributed by atoms with Crippen LogP contribution in [0.5, 0.6) is 0 Å². The van der Waals surface area contributed by atoms with Crippen molar-refractivity contribution in [3.8, 4) is 0 Å². The Hall–Kier alpha value is -1.95. The fraction of sp³-hybridized carbons (Fsp3) is 0.529. The molecule has 1 atom stereocenters. The number of imide groups is 1. The number of hydrogen-bond donors (Lipinski definition) is 2.